The van der Waals surface area contributed by atoms with Gasteiger partial charge < -0.3 is 15.2 Å². The molecule has 5 heteroatoms. The van der Waals surface area contributed by atoms with E-state index in [9.17, 15) is 5.11 Å². The van der Waals surface area contributed by atoms with Gasteiger partial charge in [-0.3, -0.25) is 0 Å². The van der Waals surface area contributed by atoms with E-state index in [1.807, 2.05) is 6.07 Å². The van der Waals surface area contributed by atoms with E-state index in [4.69, 9.17) is 4.74 Å². The van der Waals surface area contributed by atoms with Crippen LogP contribution in [0.4, 0.5) is 0 Å². The maximum Gasteiger partial charge on any atom is 0.115 e. The van der Waals surface area contributed by atoms with Crippen molar-refractivity contribution < 1.29 is 9.84 Å². The van der Waals surface area contributed by atoms with E-state index in [0.29, 0.717) is 26.1 Å². The summed E-state index contributed by atoms with van der Waals surface area (Å²) in [6, 6.07) is 1.84. The zero-order valence-electron chi connectivity index (χ0n) is 9.81. The molecule has 0 saturated carbocycles. The normalized spacial score (nSPS) is 14.7. The van der Waals surface area contributed by atoms with Crippen molar-refractivity contribution >= 4 is 0 Å². The van der Waals surface area contributed by atoms with E-state index in [1.165, 1.54) is 6.33 Å². The van der Waals surface area contributed by atoms with Crippen LogP contribution in [0.1, 0.15) is 19.0 Å². The topological polar surface area (TPSA) is 67.3 Å². The zero-order chi connectivity index (χ0) is 11.9. The smallest absolute Gasteiger partial charge is 0.115 e. The molecule has 0 spiro atoms. The van der Waals surface area contributed by atoms with Crippen LogP contribution in [0.25, 0.3) is 0 Å². The molecule has 1 aromatic rings. The number of nitrogens with one attached hydrogen (secondary N) is 1. The minimum atomic E-state index is -0.747. The van der Waals surface area contributed by atoms with E-state index >= 15 is 0 Å². The number of aromatic nitrogens is 2. The Hall–Kier alpha value is -1.04. The van der Waals surface area contributed by atoms with Crippen LogP contribution >= 0.6 is 0 Å². The van der Waals surface area contributed by atoms with Crippen molar-refractivity contribution in [1.82, 2.24) is 15.3 Å². The molecule has 1 atom stereocenters. The van der Waals surface area contributed by atoms with Crippen LogP contribution < -0.4 is 5.32 Å². The Morgan fingerprint density at radius 3 is 3.00 bits per heavy atom. The molecular weight excluding hydrogens is 206 g/mol. The zero-order valence-corrected chi connectivity index (χ0v) is 9.81. The maximum absolute atomic E-state index is 9.95. The quantitative estimate of drug-likeness (QED) is 0.701. The fourth-order valence-corrected chi connectivity index (χ4v) is 1.29. The third-order valence-electron chi connectivity index (χ3n) is 2.30. The highest BCUT2D eigenvalue weighted by Crippen LogP contribution is 2.07. The van der Waals surface area contributed by atoms with E-state index in [-0.39, 0.29) is 0 Å². The van der Waals surface area contributed by atoms with Crippen LogP contribution in [0, 0.1) is 0 Å². The summed E-state index contributed by atoms with van der Waals surface area (Å²) in [4.78, 5) is 7.92. The standard InChI is InChI=1S/C11H19N3O2/c1-11(15,4-6-16-2)8-13-7-10-3-5-12-9-14-10/h3,5,9,13,15H,4,6-8H2,1-2H3. The first kappa shape index (κ1) is 13.0. The van der Waals surface area contributed by atoms with Gasteiger partial charge in [0.25, 0.3) is 0 Å². The molecule has 16 heavy (non-hydrogen) atoms. The van der Waals surface area contributed by atoms with Crippen molar-refractivity contribution in [1.29, 1.82) is 0 Å². The Morgan fingerprint density at radius 1 is 1.56 bits per heavy atom. The summed E-state index contributed by atoms with van der Waals surface area (Å²) in [6.45, 7) is 3.49. The van der Waals surface area contributed by atoms with Crippen molar-refractivity contribution in [3.63, 3.8) is 0 Å². The molecular formula is C11H19N3O2. The second-order valence-electron chi connectivity index (χ2n) is 4.04. The monoisotopic (exact) mass is 225 g/mol. The second-order valence-corrected chi connectivity index (χ2v) is 4.04. The van der Waals surface area contributed by atoms with E-state index in [0.717, 1.165) is 5.69 Å². The first-order valence-corrected chi connectivity index (χ1v) is 5.31. The largest absolute Gasteiger partial charge is 0.389 e. The second kappa shape index (κ2) is 6.52. The third kappa shape index (κ3) is 5.16. The summed E-state index contributed by atoms with van der Waals surface area (Å²) in [7, 11) is 1.63. The number of hydrogen-bond donors (Lipinski definition) is 2. The number of nitrogens with zero attached hydrogens (tertiary/aromatic N) is 2. The molecule has 0 amide bonds. The number of methoxy groups -OCH3 is 1. The number of ether oxygens (including phenoxy) is 1. The molecule has 1 heterocycles. The van der Waals surface area contributed by atoms with Crippen molar-refractivity contribution in [2.75, 3.05) is 20.3 Å². The van der Waals surface area contributed by atoms with Gasteiger partial charge in [0.1, 0.15) is 6.33 Å². The van der Waals surface area contributed by atoms with Crippen LogP contribution in [0.5, 0.6) is 0 Å². The summed E-state index contributed by atoms with van der Waals surface area (Å²) in [5.41, 5.74) is 0.167. The van der Waals surface area contributed by atoms with Crippen LogP contribution in [0.3, 0.4) is 0 Å². The number of aliphatic hydroxyl groups is 1. The van der Waals surface area contributed by atoms with Gasteiger partial charge in [-0.05, 0) is 13.0 Å². The Balaban J connectivity index is 2.24. The molecule has 0 aliphatic rings. The van der Waals surface area contributed by atoms with Gasteiger partial charge in [0.05, 0.1) is 11.3 Å². The minimum Gasteiger partial charge on any atom is -0.389 e. The molecule has 5 nitrogen and oxygen atoms in total. The average molecular weight is 225 g/mol. The summed E-state index contributed by atoms with van der Waals surface area (Å²) < 4.78 is 4.93. The first-order valence-electron chi connectivity index (χ1n) is 5.31. The lowest BCUT2D eigenvalue weighted by Crippen LogP contribution is -2.38. The fourth-order valence-electron chi connectivity index (χ4n) is 1.29. The predicted octanol–water partition coefficient (Wildman–Crippen LogP) is 0.354. The first-order chi connectivity index (χ1) is 7.64. The lowest BCUT2D eigenvalue weighted by atomic mass is 10.0. The summed E-state index contributed by atoms with van der Waals surface area (Å²) in [5, 5.41) is 13.1. The SMILES string of the molecule is COCCC(C)(O)CNCc1ccncn1. The van der Waals surface area contributed by atoms with Crippen LogP contribution in [0.2, 0.25) is 0 Å². The maximum atomic E-state index is 9.95. The van der Waals surface area contributed by atoms with Gasteiger partial charge in [-0.25, -0.2) is 9.97 Å². The van der Waals surface area contributed by atoms with Crippen molar-refractivity contribution in [3.05, 3.63) is 24.3 Å². The summed E-state index contributed by atoms with van der Waals surface area (Å²) in [5.74, 6) is 0. The van der Waals surface area contributed by atoms with Gasteiger partial charge >= 0.3 is 0 Å². The van der Waals surface area contributed by atoms with Crippen molar-refractivity contribution in [3.8, 4) is 0 Å². The highest BCUT2D eigenvalue weighted by atomic mass is 16.5. The molecule has 0 aliphatic carbocycles. The molecule has 0 saturated heterocycles. The van der Waals surface area contributed by atoms with E-state index in [1.54, 1.807) is 20.2 Å². The molecule has 0 aromatic carbocycles. The number of rotatable bonds is 7. The van der Waals surface area contributed by atoms with Gasteiger partial charge in [0.15, 0.2) is 0 Å². The molecule has 1 aromatic heterocycles. The van der Waals surface area contributed by atoms with Crippen LogP contribution in [-0.4, -0.2) is 40.9 Å². The lowest BCUT2D eigenvalue weighted by molar-refractivity contribution is 0.0247. The van der Waals surface area contributed by atoms with E-state index in [2.05, 4.69) is 15.3 Å². The van der Waals surface area contributed by atoms with Gasteiger partial charge in [0.2, 0.25) is 0 Å². The highest BCUT2D eigenvalue weighted by molar-refractivity contribution is 4.97. The van der Waals surface area contributed by atoms with Crippen molar-refractivity contribution in [2.45, 2.75) is 25.5 Å². The van der Waals surface area contributed by atoms with Gasteiger partial charge in [-0.15, -0.1) is 0 Å². The van der Waals surface area contributed by atoms with Crippen molar-refractivity contribution in [2.24, 2.45) is 0 Å². The highest BCUT2D eigenvalue weighted by Gasteiger charge is 2.19. The molecule has 90 valence electrons. The molecule has 1 rings (SSSR count). The summed E-state index contributed by atoms with van der Waals surface area (Å²) in [6.07, 6.45) is 3.83. The third-order valence-corrected chi connectivity index (χ3v) is 2.30. The molecule has 0 fully saturated rings. The van der Waals surface area contributed by atoms with E-state index < -0.39 is 5.60 Å². The molecule has 1 unspecified atom stereocenters. The molecule has 0 aliphatic heterocycles. The minimum absolute atomic E-state index is 0.514. The fraction of sp³-hybridized carbons (Fsp3) is 0.636. The molecule has 2 N–H and O–H groups in total. The summed E-state index contributed by atoms with van der Waals surface area (Å²) >= 11 is 0. The Morgan fingerprint density at radius 2 is 2.38 bits per heavy atom. The van der Waals surface area contributed by atoms with Gasteiger partial charge in [-0.1, -0.05) is 0 Å². The molecule has 0 radical (unpaired) electrons. The van der Waals surface area contributed by atoms with Crippen LogP contribution in [-0.2, 0) is 11.3 Å². The number of hydrogen-bond acceptors (Lipinski definition) is 5. The Kier molecular flexibility index (Phi) is 5.31. The predicted molar refractivity (Wildman–Crippen MR) is 60.9 cm³/mol. The Labute approximate surface area is 95.9 Å². The Bertz CT molecular complexity index is 291. The van der Waals surface area contributed by atoms with Gasteiger partial charge in [-0.2, -0.15) is 0 Å². The van der Waals surface area contributed by atoms with Gasteiger partial charge in [0, 0.05) is 39.4 Å². The average Bonchev–Trinajstić information content (AvgIpc) is 2.28. The van der Waals surface area contributed by atoms with Crippen LogP contribution in [0.15, 0.2) is 18.6 Å². The lowest BCUT2D eigenvalue weighted by Gasteiger charge is -2.23. The molecule has 0 bridgehead atoms.